The maximum Gasteiger partial charge on any atom is 0.269 e. The number of non-ortho nitro benzene ring substituents is 1. The van der Waals surface area contributed by atoms with Crippen molar-refractivity contribution in [3.8, 4) is 0 Å². The van der Waals surface area contributed by atoms with Crippen LogP contribution in [0.25, 0.3) is 5.57 Å². The first kappa shape index (κ1) is 15.4. The summed E-state index contributed by atoms with van der Waals surface area (Å²) in [5, 5.41) is 10.9. The van der Waals surface area contributed by atoms with Gasteiger partial charge in [0.2, 0.25) is 0 Å². The van der Waals surface area contributed by atoms with Gasteiger partial charge in [-0.15, -0.1) is 0 Å². The molecule has 0 amide bonds. The summed E-state index contributed by atoms with van der Waals surface area (Å²) in [7, 11) is 0. The molecule has 0 fully saturated rings. The van der Waals surface area contributed by atoms with E-state index in [1.807, 2.05) is 12.1 Å². The normalized spacial score (nSPS) is 16.7. The third kappa shape index (κ3) is 3.48. The van der Waals surface area contributed by atoms with Crippen molar-refractivity contribution < 1.29 is 4.92 Å². The smallest absolute Gasteiger partial charge is 0.269 e. The molecule has 0 saturated carbocycles. The lowest BCUT2D eigenvalue weighted by Gasteiger charge is -2.32. The summed E-state index contributed by atoms with van der Waals surface area (Å²) in [5.41, 5.74) is 3.82. The van der Waals surface area contributed by atoms with Crippen LogP contribution in [0.15, 0.2) is 60.7 Å². The van der Waals surface area contributed by atoms with Gasteiger partial charge in [0.25, 0.3) is 5.69 Å². The van der Waals surface area contributed by atoms with Crippen molar-refractivity contribution in [2.24, 2.45) is 0 Å². The number of nitrogens with zero attached hydrogens (tertiary/aromatic N) is 2. The van der Waals surface area contributed by atoms with Gasteiger partial charge in [-0.2, -0.15) is 0 Å². The minimum Gasteiger partial charge on any atom is -0.293 e. The second-order valence-electron chi connectivity index (χ2n) is 5.87. The van der Waals surface area contributed by atoms with Gasteiger partial charge in [-0.3, -0.25) is 15.0 Å². The Balaban J connectivity index is 1.73. The summed E-state index contributed by atoms with van der Waals surface area (Å²) in [5.74, 6) is 0. The molecule has 1 atom stereocenters. The van der Waals surface area contributed by atoms with Crippen molar-refractivity contribution in [2.45, 2.75) is 19.4 Å². The third-order valence-corrected chi connectivity index (χ3v) is 4.50. The van der Waals surface area contributed by atoms with Crippen LogP contribution in [0.2, 0.25) is 0 Å². The zero-order chi connectivity index (χ0) is 16.2. The molecule has 1 aliphatic heterocycles. The van der Waals surface area contributed by atoms with Crippen molar-refractivity contribution >= 4 is 11.3 Å². The monoisotopic (exact) mass is 308 g/mol. The molecule has 0 spiro atoms. The molecule has 2 aromatic carbocycles. The van der Waals surface area contributed by atoms with Crippen LogP contribution in [-0.4, -0.2) is 22.9 Å². The highest BCUT2D eigenvalue weighted by atomic mass is 16.6. The van der Waals surface area contributed by atoms with Gasteiger partial charge in [-0.05, 0) is 30.0 Å². The molecule has 4 nitrogen and oxygen atoms in total. The zero-order valence-corrected chi connectivity index (χ0v) is 13.2. The lowest BCUT2D eigenvalue weighted by molar-refractivity contribution is -0.384. The van der Waals surface area contributed by atoms with Crippen LogP contribution in [0.5, 0.6) is 0 Å². The van der Waals surface area contributed by atoms with Gasteiger partial charge in [0.1, 0.15) is 0 Å². The number of benzene rings is 2. The molecule has 1 heterocycles. The average molecular weight is 308 g/mol. The van der Waals surface area contributed by atoms with Gasteiger partial charge < -0.3 is 0 Å². The quantitative estimate of drug-likeness (QED) is 0.619. The van der Waals surface area contributed by atoms with Crippen LogP contribution in [0.4, 0.5) is 5.69 Å². The van der Waals surface area contributed by atoms with E-state index in [4.69, 9.17) is 0 Å². The van der Waals surface area contributed by atoms with Crippen LogP contribution >= 0.6 is 0 Å². The Kier molecular flexibility index (Phi) is 4.53. The summed E-state index contributed by atoms with van der Waals surface area (Å²) in [6.07, 6.45) is 3.27. The number of nitro groups is 1. The van der Waals surface area contributed by atoms with E-state index in [1.54, 1.807) is 18.2 Å². The van der Waals surface area contributed by atoms with Gasteiger partial charge in [-0.25, -0.2) is 0 Å². The number of hydrogen-bond acceptors (Lipinski definition) is 3. The fourth-order valence-corrected chi connectivity index (χ4v) is 3.06. The Morgan fingerprint density at radius 1 is 1.13 bits per heavy atom. The Bertz CT molecular complexity index is 725. The predicted octanol–water partition coefficient (Wildman–Crippen LogP) is 4.45. The van der Waals surface area contributed by atoms with Crippen LogP contribution < -0.4 is 0 Å². The molecular formula is C19H20N2O2. The number of nitro benzene ring substituents is 1. The highest BCUT2D eigenvalue weighted by Gasteiger charge is 2.20. The molecule has 0 radical (unpaired) electrons. The van der Waals surface area contributed by atoms with E-state index in [2.05, 4.69) is 42.2 Å². The van der Waals surface area contributed by atoms with E-state index in [9.17, 15) is 10.1 Å². The van der Waals surface area contributed by atoms with Gasteiger partial charge in [0, 0.05) is 31.3 Å². The second kappa shape index (κ2) is 6.75. The zero-order valence-electron chi connectivity index (χ0n) is 13.2. The van der Waals surface area contributed by atoms with Crippen LogP contribution in [0.1, 0.15) is 30.5 Å². The van der Waals surface area contributed by atoms with Crippen molar-refractivity contribution in [2.75, 3.05) is 13.1 Å². The largest absolute Gasteiger partial charge is 0.293 e. The molecule has 0 bridgehead atoms. The topological polar surface area (TPSA) is 46.4 Å². The van der Waals surface area contributed by atoms with E-state index >= 15 is 0 Å². The van der Waals surface area contributed by atoms with Crippen LogP contribution in [0.3, 0.4) is 0 Å². The van der Waals surface area contributed by atoms with E-state index in [1.165, 1.54) is 11.1 Å². The van der Waals surface area contributed by atoms with E-state index < -0.39 is 0 Å². The summed E-state index contributed by atoms with van der Waals surface area (Å²) in [6.45, 7) is 3.94. The highest BCUT2D eigenvalue weighted by molar-refractivity contribution is 5.66. The molecule has 118 valence electrons. The highest BCUT2D eigenvalue weighted by Crippen LogP contribution is 2.29. The minimum absolute atomic E-state index is 0.159. The first-order chi connectivity index (χ1) is 11.1. The molecule has 2 aromatic rings. The Morgan fingerprint density at radius 2 is 1.91 bits per heavy atom. The summed E-state index contributed by atoms with van der Waals surface area (Å²) in [4.78, 5) is 13.0. The van der Waals surface area contributed by atoms with Gasteiger partial charge >= 0.3 is 0 Å². The van der Waals surface area contributed by atoms with E-state index in [0.29, 0.717) is 0 Å². The molecule has 1 aliphatic rings. The fourth-order valence-electron chi connectivity index (χ4n) is 3.06. The van der Waals surface area contributed by atoms with Crippen LogP contribution in [-0.2, 0) is 0 Å². The number of rotatable bonds is 4. The molecule has 23 heavy (non-hydrogen) atoms. The molecule has 4 heteroatoms. The van der Waals surface area contributed by atoms with Crippen molar-refractivity contribution in [3.63, 3.8) is 0 Å². The van der Waals surface area contributed by atoms with Gasteiger partial charge in [0.15, 0.2) is 0 Å². The second-order valence-corrected chi connectivity index (χ2v) is 5.87. The Morgan fingerprint density at radius 3 is 2.57 bits per heavy atom. The molecule has 0 unspecified atom stereocenters. The molecule has 3 rings (SSSR count). The Labute approximate surface area is 136 Å². The maximum atomic E-state index is 10.9. The number of hydrogen-bond donors (Lipinski definition) is 0. The fraction of sp³-hybridized carbons (Fsp3) is 0.263. The van der Waals surface area contributed by atoms with Crippen LogP contribution in [0, 0.1) is 10.1 Å². The molecular weight excluding hydrogens is 288 g/mol. The average Bonchev–Trinajstić information content (AvgIpc) is 2.62. The Hall–Kier alpha value is -2.46. The van der Waals surface area contributed by atoms with E-state index in [-0.39, 0.29) is 16.7 Å². The van der Waals surface area contributed by atoms with Gasteiger partial charge in [0.05, 0.1) is 4.92 Å². The van der Waals surface area contributed by atoms with Crippen molar-refractivity contribution in [1.82, 2.24) is 4.90 Å². The molecule has 0 N–H and O–H groups in total. The van der Waals surface area contributed by atoms with E-state index in [0.717, 1.165) is 25.1 Å². The van der Waals surface area contributed by atoms with Crippen molar-refractivity contribution in [3.05, 3.63) is 81.9 Å². The summed E-state index contributed by atoms with van der Waals surface area (Å²) < 4.78 is 0. The molecule has 0 saturated heterocycles. The molecule has 0 aliphatic carbocycles. The third-order valence-electron chi connectivity index (χ3n) is 4.50. The minimum atomic E-state index is -0.333. The molecule has 0 aromatic heterocycles. The SMILES string of the molecule is C[C@@H](c1cccc([N+](=O)[O-])c1)N1CC=C(c2ccccc2)CC1. The summed E-state index contributed by atoms with van der Waals surface area (Å²) in [6, 6.07) is 17.6. The van der Waals surface area contributed by atoms with Crippen molar-refractivity contribution in [1.29, 1.82) is 0 Å². The summed E-state index contributed by atoms with van der Waals surface area (Å²) >= 11 is 0. The van der Waals surface area contributed by atoms with Gasteiger partial charge in [-0.1, -0.05) is 48.5 Å². The predicted molar refractivity (Wildman–Crippen MR) is 92.1 cm³/mol. The first-order valence-electron chi connectivity index (χ1n) is 7.88. The first-order valence-corrected chi connectivity index (χ1v) is 7.88. The standard InChI is InChI=1S/C19H20N2O2/c1-15(18-8-5-9-19(14-18)21(22)23)20-12-10-17(11-13-20)16-6-3-2-4-7-16/h2-10,14-15H,11-13H2,1H3/t15-/m0/s1. The lowest BCUT2D eigenvalue weighted by atomic mass is 9.97. The lowest BCUT2D eigenvalue weighted by Crippen LogP contribution is -2.31. The maximum absolute atomic E-state index is 10.9.